The number of ether oxygens (including phenoxy) is 1. The summed E-state index contributed by atoms with van der Waals surface area (Å²) >= 11 is 0. The Balaban J connectivity index is 2.24. The highest BCUT2D eigenvalue weighted by molar-refractivity contribution is 5.75. The molecule has 96 valence electrons. The second kappa shape index (κ2) is 7.75. The van der Waals surface area contributed by atoms with Crippen molar-refractivity contribution in [2.24, 2.45) is 0 Å². The lowest BCUT2D eigenvalue weighted by atomic mass is 10.3. The maximum absolute atomic E-state index is 11.5. The molecule has 7 nitrogen and oxygen atoms in total. The fourth-order valence-corrected chi connectivity index (χ4v) is 1.29. The standard InChI is InChI=1S/C10H18N4O3/c1-17-6-2-4-11-10(16)8-14-7-9(3-5-15)12-13-14/h7,15H,2-6,8H2,1H3,(H,11,16). The van der Waals surface area contributed by atoms with Gasteiger partial charge in [0.2, 0.25) is 5.91 Å². The van der Waals surface area contributed by atoms with Crippen molar-refractivity contribution in [1.82, 2.24) is 20.3 Å². The summed E-state index contributed by atoms with van der Waals surface area (Å²) in [6, 6.07) is 0. The minimum absolute atomic E-state index is 0.0297. The Morgan fingerprint density at radius 1 is 1.65 bits per heavy atom. The van der Waals surface area contributed by atoms with Gasteiger partial charge >= 0.3 is 0 Å². The predicted octanol–water partition coefficient (Wildman–Crippen LogP) is -1.03. The molecule has 0 fully saturated rings. The van der Waals surface area contributed by atoms with Gasteiger partial charge in [0.15, 0.2) is 0 Å². The van der Waals surface area contributed by atoms with Crippen LogP contribution in [0.25, 0.3) is 0 Å². The van der Waals surface area contributed by atoms with E-state index in [1.807, 2.05) is 0 Å². The zero-order valence-corrected chi connectivity index (χ0v) is 9.93. The minimum Gasteiger partial charge on any atom is -0.396 e. The van der Waals surface area contributed by atoms with Crippen LogP contribution in [0.15, 0.2) is 6.20 Å². The van der Waals surface area contributed by atoms with Crippen LogP contribution in [0.4, 0.5) is 0 Å². The first kappa shape index (κ1) is 13.6. The highest BCUT2D eigenvalue weighted by Gasteiger charge is 2.05. The molecule has 0 radical (unpaired) electrons. The van der Waals surface area contributed by atoms with Crippen molar-refractivity contribution < 1.29 is 14.6 Å². The van der Waals surface area contributed by atoms with Gasteiger partial charge in [-0.2, -0.15) is 0 Å². The molecular weight excluding hydrogens is 224 g/mol. The number of hydrogen-bond donors (Lipinski definition) is 2. The van der Waals surface area contributed by atoms with E-state index in [2.05, 4.69) is 15.6 Å². The van der Waals surface area contributed by atoms with Crippen LogP contribution in [0.5, 0.6) is 0 Å². The van der Waals surface area contributed by atoms with Crippen LogP contribution in [0, 0.1) is 0 Å². The number of amides is 1. The number of nitrogens with zero attached hydrogens (tertiary/aromatic N) is 3. The molecule has 0 aromatic carbocycles. The average Bonchev–Trinajstić information content (AvgIpc) is 2.73. The first-order chi connectivity index (χ1) is 8.26. The summed E-state index contributed by atoms with van der Waals surface area (Å²) in [5.74, 6) is -0.110. The Hall–Kier alpha value is -1.47. The average molecular weight is 242 g/mol. The molecular formula is C10H18N4O3. The third-order valence-electron chi connectivity index (χ3n) is 2.11. The van der Waals surface area contributed by atoms with E-state index in [0.717, 1.165) is 6.42 Å². The lowest BCUT2D eigenvalue weighted by Crippen LogP contribution is -2.29. The van der Waals surface area contributed by atoms with E-state index in [1.165, 1.54) is 4.68 Å². The third kappa shape index (κ3) is 5.41. The first-order valence-corrected chi connectivity index (χ1v) is 5.51. The van der Waals surface area contributed by atoms with Crippen LogP contribution in [0.2, 0.25) is 0 Å². The SMILES string of the molecule is COCCCNC(=O)Cn1cc(CCO)nn1. The number of carbonyl (C=O) groups is 1. The highest BCUT2D eigenvalue weighted by Crippen LogP contribution is 1.93. The molecule has 0 unspecified atom stereocenters. The van der Waals surface area contributed by atoms with E-state index >= 15 is 0 Å². The second-order valence-corrected chi connectivity index (χ2v) is 3.58. The molecule has 17 heavy (non-hydrogen) atoms. The lowest BCUT2D eigenvalue weighted by molar-refractivity contribution is -0.121. The smallest absolute Gasteiger partial charge is 0.241 e. The van der Waals surface area contributed by atoms with Crippen LogP contribution >= 0.6 is 0 Å². The van der Waals surface area contributed by atoms with Gasteiger partial charge < -0.3 is 15.2 Å². The molecule has 0 saturated carbocycles. The summed E-state index contributed by atoms with van der Waals surface area (Å²) in [4.78, 5) is 11.5. The predicted molar refractivity (Wildman–Crippen MR) is 60.3 cm³/mol. The summed E-state index contributed by atoms with van der Waals surface area (Å²) < 4.78 is 6.32. The van der Waals surface area contributed by atoms with E-state index in [9.17, 15) is 4.79 Å². The Morgan fingerprint density at radius 3 is 3.18 bits per heavy atom. The molecule has 1 amide bonds. The van der Waals surface area contributed by atoms with Gasteiger partial charge in [0.25, 0.3) is 0 Å². The van der Waals surface area contributed by atoms with Gasteiger partial charge in [0.1, 0.15) is 6.54 Å². The summed E-state index contributed by atoms with van der Waals surface area (Å²) in [6.45, 7) is 1.39. The van der Waals surface area contributed by atoms with E-state index in [-0.39, 0.29) is 19.1 Å². The van der Waals surface area contributed by atoms with E-state index in [4.69, 9.17) is 9.84 Å². The minimum atomic E-state index is -0.110. The zero-order chi connectivity index (χ0) is 12.5. The Bertz CT molecular complexity index is 340. The number of aliphatic hydroxyl groups excluding tert-OH is 1. The molecule has 0 aliphatic rings. The summed E-state index contributed by atoms with van der Waals surface area (Å²) in [5.41, 5.74) is 0.680. The lowest BCUT2D eigenvalue weighted by Gasteiger charge is -2.04. The van der Waals surface area contributed by atoms with Crippen molar-refractivity contribution in [3.63, 3.8) is 0 Å². The number of carbonyl (C=O) groups excluding carboxylic acids is 1. The Kier molecular flexibility index (Phi) is 6.19. The topological polar surface area (TPSA) is 89.3 Å². The largest absolute Gasteiger partial charge is 0.396 e. The molecule has 0 bridgehead atoms. The van der Waals surface area contributed by atoms with Crippen molar-refractivity contribution in [2.45, 2.75) is 19.4 Å². The number of methoxy groups -OCH3 is 1. The van der Waals surface area contributed by atoms with Crippen LogP contribution in [0.1, 0.15) is 12.1 Å². The van der Waals surface area contributed by atoms with Gasteiger partial charge in [-0.1, -0.05) is 5.21 Å². The first-order valence-electron chi connectivity index (χ1n) is 5.51. The van der Waals surface area contributed by atoms with Crippen LogP contribution in [-0.2, 0) is 22.5 Å². The van der Waals surface area contributed by atoms with Gasteiger partial charge in [0.05, 0.1) is 5.69 Å². The van der Waals surface area contributed by atoms with E-state index in [0.29, 0.717) is 25.3 Å². The van der Waals surface area contributed by atoms with Gasteiger partial charge in [-0.15, -0.1) is 5.10 Å². The number of aromatic nitrogens is 3. The quantitative estimate of drug-likeness (QED) is 0.569. The van der Waals surface area contributed by atoms with Crippen LogP contribution in [-0.4, -0.2) is 52.9 Å². The monoisotopic (exact) mass is 242 g/mol. The highest BCUT2D eigenvalue weighted by atomic mass is 16.5. The summed E-state index contributed by atoms with van der Waals surface area (Å²) in [5, 5.41) is 19.1. The normalized spacial score (nSPS) is 10.5. The maximum Gasteiger partial charge on any atom is 0.241 e. The maximum atomic E-state index is 11.5. The molecule has 0 aliphatic heterocycles. The van der Waals surface area contributed by atoms with Crippen molar-refractivity contribution in [1.29, 1.82) is 0 Å². The van der Waals surface area contributed by atoms with Crippen molar-refractivity contribution in [3.8, 4) is 0 Å². The van der Waals surface area contributed by atoms with Gasteiger partial charge in [-0.05, 0) is 6.42 Å². The molecule has 0 aliphatic carbocycles. The molecule has 0 saturated heterocycles. The van der Waals surface area contributed by atoms with Crippen molar-refractivity contribution in [2.75, 3.05) is 26.9 Å². The van der Waals surface area contributed by atoms with Crippen LogP contribution < -0.4 is 5.32 Å². The fraction of sp³-hybridized carbons (Fsp3) is 0.700. The van der Waals surface area contributed by atoms with Crippen LogP contribution in [0.3, 0.4) is 0 Å². The van der Waals surface area contributed by atoms with Gasteiger partial charge in [-0.25, -0.2) is 4.68 Å². The molecule has 1 aromatic heterocycles. The van der Waals surface area contributed by atoms with Crippen molar-refractivity contribution >= 4 is 5.91 Å². The number of nitrogens with one attached hydrogen (secondary N) is 1. The van der Waals surface area contributed by atoms with E-state index < -0.39 is 0 Å². The Morgan fingerprint density at radius 2 is 2.47 bits per heavy atom. The molecule has 1 heterocycles. The molecule has 1 aromatic rings. The third-order valence-corrected chi connectivity index (χ3v) is 2.11. The Labute approximate surface area is 99.8 Å². The van der Waals surface area contributed by atoms with E-state index in [1.54, 1.807) is 13.3 Å². The number of aliphatic hydroxyl groups is 1. The van der Waals surface area contributed by atoms with Gasteiger partial charge in [-0.3, -0.25) is 4.79 Å². The molecule has 0 spiro atoms. The molecule has 7 heteroatoms. The summed E-state index contributed by atoms with van der Waals surface area (Å²) in [6.07, 6.45) is 2.90. The molecule has 0 atom stereocenters. The molecule has 1 rings (SSSR count). The molecule has 2 N–H and O–H groups in total. The second-order valence-electron chi connectivity index (χ2n) is 3.58. The number of hydrogen-bond acceptors (Lipinski definition) is 5. The summed E-state index contributed by atoms with van der Waals surface area (Å²) in [7, 11) is 1.62. The fourth-order valence-electron chi connectivity index (χ4n) is 1.29. The zero-order valence-electron chi connectivity index (χ0n) is 9.93. The van der Waals surface area contributed by atoms with Crippen molar-refractivity contribution in [3.05, 3.63) is 11.9 Å². The van der Waals surface area contributed by atoms with Gasteiger partial charge in [0, 0.05) is 39.5 Å². The number of rotatable bonds is 8.